The number of morpholine rings is 1. The number of anilines is 1. The molecule has 2 aromatic rings. The highest BCUT2D eigenvalue weighted by atomic mass is 127. The summed E-state index contributed by atoms with van der Waals surface area (Å²) in [6, 6.07) is 8.09. The lowest BCUT2D eigenvalue weighted by Crippen LogP contribution is -2.37. The van der Waals surface area contributed by atoms with Gasteiger partial charge in [-0.25, -0.2) is 9.98 Å². The number of benzene rings is 1. The van der Waals surface area contributed by atoms with Crippen LogP contribution >= 0.6 is 35.3 Å². The Morgan fingerprint density at radius 2 is 1.97 bits per heavy atom. The van der Waals surface area contributed by atoms with Crippen molar-refractivity contribution in [2.45, 2.75) is 26.2 Å². The number of alkyl halides is 3. The molecule has 6 nitrogen and oxygen atoms in total. The van der Waals surface area contributed by atoms with E-state index < -0.39 is 11.9 Å². The number of halogens is 4. The number of hydrogen-bond donors (Lipinski definition) is 2. The summed E-state index contributed by atoms with van der Waals surface area (Å²) < 4.78 is 43.5. The molecule has 0 unspecified atom stereocenters. The summed E-state index contributed by atoms with van der Waals surface area (Å²) in [6.45, 7) is 6.29. The van der Waals surface area contributed by atoms with Crippen LogP contribution in [-0.4, -0.2) is 43.8 Å². The molecule has 1 aromatic carbocycles. The van der Waals surface area contributed by atoms with Gasteiger partial charge < -0.3 is 20.3 Å². The van der Waals surface area contributed by atoms with Crippen LogP contribution in [0.2, 0.25) is 0 Å². The highest BCUT2D eigenvalue weighted by molar-refractivity contribution is 14.0. The molecular weight excluding hydrogens is 530 g/mol. The number of aliphatic imine (C=N–C) groups is 1. The first kappa shape index (κ1) is 24.7. The fraction of sp³-hybridized carbons (Fsp3) is 0.474. The number of rotatable bonds is 6. The minimum Gasteiger partial charge on any atom is -0.378 e. The normalized spacial score (nSPS) is 14.9. The third-order valence-corrected chi connectivity index (χ3v) is 5.19. The molecule has 1 aliphatic heterocycles. The Bertz CT molecular complexity index is 824. The van der Waals surface area contributed by atoms with Crippen molar-refractivity contribution in [3.63, 3.8) is 0 Å². The van der Waals surface area contributed by atoms with Crippen LogP contribution in [0.1, 0.15) is 23.2 Å². The Balaban J connectivity index is 0.00000320. The van der Waals surface area contributed by atoms with E-state index in [0.717, 1.165) is 41.1 Å². The van der Waals surface area contributed by atoms with Crippen LogP contribution in [0.3, 0.4) is 0 Å². The van der Waals surface area contributed by atoms with Gasteiger partial charge in [0.25, 0.3) is 0 Å². The van der Waals surface area contributed by atoms with Crippen molar-refractivity contribution in [1.29, 1.82) is 0 Å². The van der Waals surface area contributed by atoms with Gasteiger partial charge >= 0.3 is 6.18 Å². The Hall–Kier alpha value is -1.60. The first-order valence-electron chi connectivity index (χ1n) is 9.41. The van der Waals surface area contributed by atoms with E-state index in [9.17, 15) is 13.2 Å². The summed E-state index contributed by atoms with van der Waals surface area (Å²) in [5.74, 6) is 0.535. The van der Waals surface area contributed by atoms with Gasteiger partial charge in [-0.3, -0.25) is 0 Å². The minimum atomic E-state index is -4.42. The summed E-state index contributed by atoms with van der Waals surface area (Å²) in [4.78, 5) is 10.5. The van der Waals surface area contributed by atoms with Gasteiger partial charge in [-0.15, -0.1) is 35.3 Å². The molecule has 1 fully saturated rings. The first-order valence-corrected chi connectivity index (χ1v) is 10.3. The van der Waals surface area contributed by atoms with Crippen LogP contribution in [0.4, 0.5) is 18.9 Å². The first-order chi connectivity index (χ1) is 14.0. The third kappa shape index (κ3) is 6.98. The van der Waals surface area contributed by atoms with E-state index in [-0.39, 0.29) is 30.5 Å². The minimum absolute atomic E-state index is 0. The number of nitrogens with zero attached hydrogens (tertiary/aromatic N) is 3. The molecule has 2 N–H and O–H groups in total. The average Bonchev–Trinajstić information content (AvgIpc) is 3.21. The van der Waals surface area contributed by atoms with Crippen molar-refractivity contribution in [2.75, 3.05) is 37.7 Å². The standard InChI is InChI=1S/C19H24F3N5OS.HI/c1-2-23-18(25-12-17-26-16(13-29-17)19(20,21)22)24-11-14-5-3-4-6-15(14)27-7-9-28-10-8-27;/h3-6,13H,2,7-12H2,1H3,(H2,23,24,25);1H. The maximum atomic E-state index is 12.7. The summed E-state index contributed by atoms with van der Waals surface area (Å²) in [7, 11) is 0. The van der Waals surface area contributed by atoms with Gasteiger partial charge in [-0.05, 0) is 18.6 Å². The van der Waals surface area contributed by atoms with E-state index in [4.69, 9.17) is 4.74 Å². The molecule has 0 atom stereocenters. The van der Waals surface area contributed by atoms with Crippen molar-refractivity contribution in [3.05, 3.63) is 45.9 Å². The molecule has 1 saturated heterocycles. The fourth-order valence-electron chi connectivity index (χ4n) is 2.94. The van der Waals surface area contributed by atoms with E-state index in [1.165, 1.54) is 0 Å². The largest absolute Gasteiger partial charge is 0.434 e. The van der Waals surface area contributed by atoms with Crippen LogP contribution in [0.25, 0.3) is 0 Å². The highest BCUT2D eigenvalue weighted by Crippen LogP contribution is 2.30. The number of hydrogen-bond acceptors (Lipinski definition) is 5. The number of guanidine groups is 1. The second-order valence-electron chi connectivity index (χ2n) is 6.40. The van der Waals surface area contributed by atoms with Gasteiger partial charge in [0.15, 0.2) is 11.7 Å². The molecule has 0 aliphatic carbocycles. The Morgan fingerprint density at radius 1 is 1.23 bits per heavy atom. The maximum absolute atomic E-state index is 12.7. The van der Waals surface area contributed by atoms with Crippen LogP contribution in [0, 0.1) is 0 Å². The van der Waals surface area contributed by atoms with Crippen molar-refractivity contribution in [2.24, 2.45) is 4.99 Å². The molecule has 30 heavy (non-hydrogen) atoms. The van der Waals surface area contributed by atoms with Crippen molar-refractivity contribution < 1.29 is 17.9 Å². The Labute approximate surface area is 195 Å². The summed E-state index contributed by atoms with van der Waals surface area (Å²) in [5.41, 5.74) is 1.35. The molecule has 0 radical (unpaired) electrons. The lowest BCUT2D eigenvalue weighted by Gasteiger charge is -2.30. The van der Waals surface area contributed by atoms with E-state index in [2.05, 4.69) is 31.6 Å². The summed E-state index contributed by atoms with van der Waals surface area (Å²) in [6.07, 6.45) is -4.42. The molecule has 2 heterocycles. The number of thiazole rings is 1. The second kappa shape index (κ2) is 11.7. The van der Waals surface area contributed by atoms with Gasteiger partial charge in [0, 0.05) is 30.7 Å². The molecule has 0 spiro atoms. The topological polar surface area (TPSA) is 61.8 Å². The van der Waals surface area contributed by atoms with E-state index >= 15 is 0 Å². The molecule has 3 rings (SSSR count). The van der Waals surface area contributed by atoms with Gasteiger partial charge in [0.1, 0.15) is 5.01 Å². The Kier molecular flexibility index (Phi) is 9.62. The number of nitrogens with one attached hydrogen (secondary N) is 2. The molecule has 1 aromatic heterocycles. The molecule has 0 saturated carbocycles. The molecular formula is C19H25F3IN5OS. The van der Waals surface area contributed by atoms with Crippen molar-refractivity contribution in [1.82, 2.24) is 15.6 Å². The molecule has 1 aliphatic rings. The summed E-state index contributed by atoms with van der Waals surface area (Å²) >= 11 is 0.977. The van der Waals surface area contributed by atoms with Gasteiger partial charge in [-0.1, -0.05) is 18.2 Å². The zero-order chi connectivity index (χ0) is 20.7. The van der Waals surface area contributed by atoms with Crippen LogP contribution in [0.15, 0.2) is 34.6 Å². The number of aromatic nitrogens is 1. The van der Waals surface area contributed by atoms with Gasteiger partial charge in [0.2, 0.25) is 0 Å². The predicted molar refractivity (Wildman–Crippen MR) is 124 cm³/mol. The third-order valence-electron chi connectivity index (χ3n) is 4.34. The quantitative estimate of drug-likeness (QED) is 0.322. The molecule has 0 amide bonds. The smallest absolute Gasteiger partial charge is 0.378 e. The zero-order valence-electron chi connectivity index (χ0n) is 16.5. The van der Waals surface area contributed by atoms with Gasteiger partial charge in [0.05, 0.1) is 26.3 Å². The second-order valence-corrected chi connectivity index (χ2v) is 7.34. The maximum Gasteiger partial charge on any atom is 0.434 e. The van der Waals surface area contributed by atoms with E-state index in [1.54, 1.807) is 0 Å². The van der Waals surface area contributed by atoms with E-state index in [1.807, 2.05) is 25.1 Å². The van der Waals surface area contributed by atoms with E-state index in [0.29, 0.717) is 37.3 Å². The van der Waals surface area contributed by atoms with Crippen LogP contribution in [-0.2, 0) is 24.0 Å². The van der Waals surface area contributed by atoms with Crippen molar-refractivity contribution >= 4 is 47.0 Å². The zero-order valence-corrected chi connectivity index (χ0v) is 19.7. The summed E-state index contributed by atoms with van der Waals surface area (Å²) in [5, 5.41) is 7.56. The monoisotopic (exact) mass is 555 g/mol. The molecule has 0 bridgehead atoms. The fourth-order valence-corrected chi connectivity index (χ4v) is 3.69. The van der Waals surface area contributed by atoms with Gasteiger partial charge in [-0.2, -0.15) is 13.2 Å². The van der Waals surface area contributed by atoms with Crippen molar-refractivity contribution in [3.8, 4) is 0 Å². The number of para-hydroxylation sites is 1. The number of ether oxygens (including phenoxy) is 1. The molecule has 11 heteroatoms. The van der Waals surface area contributed by atoms with Crippen LogP contribution < -0.4 is 15.5 Å². The average molecular weight is 555 g/mol. The van der Waals surface area contributed by atoms with Crippen LogP contribution in [0.5, 0.6) is 0 Å². The predicted octanol–water partition coefficient (Wildman–Crippen LogP) is 3.87. The molecule has 166 valence electrons. The lowest BCUT2D eigenvalue weighted by atomic mass is 10.1. The SMILES string of the molecule is CCNC(=NCc1ccccc1N1CCOCC1)NCc1nc(C(F)(F)F)cs1.I. The lowest BCUT2D eigenvalue weighted by molar-refractivity contribution is -0.140. The Morgan fingerprint density at radius 3 is 2.63 bits per heavy atom. The highest BCUT2D eigenvalue weighted by Gasteiger charge is 2.33.